The minimum Gasteiger partial charge on any atom is -0.453 e. The highest BCUT2D eigenvalue weighted by atomic mass is 17.2. The van der Waals surface area contributed by atoms with Gasteiger partial charge in [-0.1, -0.05) is 51.7 Å². The zero-order valence-electron chi connectivity index (χ0n) is 32.6. The second-order valence-corrected chi connectivity index (χ2v) is 14.6. The van der Waals surface area contributed by atoms with Crippen molar-refractivity contribution in [2.24, 2.45) is 16.8 Å². The number of methoxy groups -OCH3 is 1. The van der Waals surface area contributed by atoms with E-state index in [0.717, 1.165) is 47.6 Å². The van der Waals surface area contributed by atoms with Crippen LogP contribution in [0, 0.1) is 35.5 Å². The summed E-state index contributed by atoms with van der Waals surface area (Å²) in [6.07, 6.45) is 7.34. The van der Waals surface area contributed by atoms with Crippen LogP contribution in [0.3, 0.4) is 0 Å². The van der Waals surface area contributed by atoms with Gasteiger partial charge in [-0.15, -0.1) is 0 Å². The summed E-state index contributed by atoms with van der Waals surface area (Å²) in [6.45, 7) is 8.89. The van der Waals surface area contributed by atoms with Gasteiger partial charge in [0.15, 0.2) is 0 Å². The number of rotatable bonds is 10. The number of aromatic amines is 2. The van der Waals surface area contributed by atoms with E-state index in [1.54, 1.807) is 17.3 Å². The van der Waals surface area contributed by atoms with E-state index in [0.29, 0.717) is 36.1 Å². The van der Waals surface area contributed by atoms with Crippen LogP contribution < -0.4 is 5.32 Å². The molecule has 6 rings (SSSR count). The highest BCUT2D eigenvalue weighted by Gasteiger charge is 2.38. The topological polar surface area (TPSA) is 167 Å². The van der Waals surface area contributed by atoms with E-state index < -0.39 is 18.2 Å². The molecule has 2 aliphatic heterocycles. The van der Waals surface area contributed by atoms with Crippen LogP contribution in [0.4, 0.5) is 4.79 Å². The minimum absolute atomic E-state index is 0.0195. The third-order valence-corrected chi connectivity index (χ3v) is 10.0. The Bertz CT molecular complexity index is 2200. The monoisotopic (exact) mass is 760 g/mol. The molecule has 3 N–H and O–H groups in total. The van der Waals surface area contributed by atoms with Crippen molar-refractivity contribution in [3.63, 3.8) is 0 Å². The first-order valence-electron chi connectivity index (χ1n) is 18.9. The average Bonchev–Trinajstić information content (AvgIpc) is 4.03. The summed E-state index contributed by atoms with van der Waals surface area (Å²) in [4.78, 5) is 72.0. The lowest BCUT2D eigenvalue weighted by molar-refractivity contribution is -0.188. The normalized spacial score (nSPS) is 17.8. The lowest BCUT2D eigenvalue weighted by Gasteiger charge is -2.29. The molecular weight excluding hydrogens is 713 g/mol. The first kappa shape index (κ1) is 39.6. The zero-order valence-corrected chi connectivity index (χ0v) is 32.6. The maximum Gasteiger partial charge on any atom is 0.407 e. The number of carbonyl (C=O) groups excluding carboxylic acids is 3. The number of nitrogens with zero attached hydrogens (tertiary/aromatic N) is 5. The fraction of sp³-hybridized carbons (Fsp3) is 0.429. The lowest BCUT2D eigenvalue weighted by atomic mass is 10.0. The first-order chi connectivity index (χ1) is 27.1. The Kier molecular flexibility index (Phi) is 12.7. The summed E-state index contributed by atoms with van der Waals surface area (Å²) in [5.74, 6) is 13.8. The van der Waals surface area contributed by atoms with E-state index in [1.165, 1.54) is 20.6 Å². The van der Waals surface area contributed by atoms with E-state index in [-0.39, 0.29) is 35.7 Å². The third-order valence-electron chi connectivity index (χ3n) is 10.0. The highest BCUT2D eigenvalue weighted by Crippen LogP contribution is 2.33. The van der Waals surface area contributed by atoms with Gasteiger partial charge in [-0.05, 0) is 84.4 Å². The molecule has 56 heavy (non-hydrogen) atoms. The van der Waals surface area contributed by atoms with Crippen LogP contribution in [0.2, 0.25) is 0 Å². The first-order valence-corrected chi connectivity index (χ1v) is 18.9. The van der Waals surface area contributed by atoms with Crippen LogP contribution in [-0.4, -0.2) is 93.4 Å². The fourth-order valence-corrected chi connectivity index (χ4v) is 7.15. The van der Waals surface area contributed by atoms with E-state index in [1.807, 2.05) is 69.0 Å². The molecule has 0 aliphatic carbocycles. The molecule has 4 aromatic rings. The van der Waals surface area contributed by atoms with Crippen LogP contribution in [-0.2, 0) is 24.1 Å². The SMILES string of the molecule is COO/C=N\[C@H](C(=O)N1CCC[C@H]1c1nc(C#Cc2ccc3cc(C#Cc4c[nH]c([C@@H]5CCCN5C(=O)[C@@H](NC(=O)OC)C(C)C)n4)ccc3c2)c[nH]1)C(C)C. The summed E-state index contributed by atoms with van der Waals surface area (Å²) in [6, 6.07) is 10.3. The summed E-state index contributed by atoms with van der Waals surface area (Å²) < 4.78 is 4.74. The molecule has 4 heterocycles. The molecule has 0 radical (unpaired) electrons. The van der Waals surface area contributed by atoms with Crippen molar-refractivity contribution in [1.82, 2.24) is 35.1 Å². The van der Waals surface area contributed by atoms with Crippen molar-refractivity contribution in [2.45, 2.75) is 77.5 Å². The fourth-order valence-electron chi connectivity index (χ4n) is 7.15. The second-order valence-electron chi connectivity index (χ2n) is 14.6. The van der Waals surface area contributed by atoms with Gasteiger partial charge in [-0.3, -0.25) is 9.59 Å². The third kappa shape index (κ3) is 9.21. The molecule has 0 unspecified atom stereocenters. The number of hydrogen-bond donors (Lipinski definition) is 3. The number of amides is 3. The molecule has 2 saturated heterocycles. The number of likely N-dealkylation sites (tertiary alicyclic amines) is 2. The number of H-pyrrole nitrogens is 2. The van der Waals surface area contributed by atoms with Gasteiger partial charge in [0.1, 0.15) is 35.1 Å². The Morgan fingerprint density at radius 2 is 1.34 bits per heavy atom. The lowest BCUT2D eigenvalue weighted by Crippen LogP contribution is -2.51. The molecule has 2 fully saturated rings. The van der Waals surface area contributed by atoms with Crippen LogP contribution in [0.1, 0.15) is 99.6 Å². The van der Waals surface area contributed by atoms with Crippen molar-refractivity contribution in [3.8, 4) is 23.7 Å². The number of hydrogen-bond acceptors (Lipinski definition) is 9. The number of imidazole rings is 2. The number of benzene rings is 2. The predicted molar refractivity (Wildman–Crippen MR) is 210 cm³/mol. The van der Waals surface area contributed by atoms with Gasteiger partial charge in [0.05, 0.1) is 26.3 Å². The molecule has 0 bridgehead atoms. The molecule has 2 aromatic heterocycles. The van der Waals surface area contributed by atoms with E-state index in [4.69, 9.17) is 19.6 Å². The van der Waals surface area contributed by atoms with Crippen molar-refractivity contribution in [3.05, 3.63) is 83.0 Å². The molecule has 292 valence electrons. The number of nitrogens with one attached hydrogen (secondary N) is 3. The highest BCUT2D eigenvalue weighted by molar-refractivity contribution is 5.87. The Hall–Kier alpha value is -6.12. The molecule has 0 spiro atoms. The predicted octanol–water partition coefficient (Wildman–Crippen LogP) is 5.42. The van der Waals surface area contributed by atoms with E-state index >= 15 is 0 Å². The van der Waals surface area contributed by atoms with Gasteiger partial charge in [0.25, 0.3) is 0 Å². The van der Waals surface area contributed by atoms with Crippen LogP contribution >= 0.6 is 0 Å². The summed E-state index contributed by atoms with van der Waals surface area (Å²) in [5, 5.41) is 4.73. The molecular formula is C42H48N8O6. The number of fused-ring (bicyclic) bond motifs is 1. The molecule has 14 nitrogen and oxygen atoms in total. The van der Waals surface area contributed by atoms with Crippen molar-refractivity contribution in [1.29, 1.82) is 0 Å². The van der Waals surface area contributed by atoms with Crippen LogP contribution in [0.5, 0.6) is 0 Å². The molecule has 2 aromatic carbocycles. The maximum absolute atomic E-state index is 13.5. The van der Waals surface area contributed by atoms with Gasteiger partial charge in [-0.25, -0.2) is 19.8 Å². The van der Waals surface area contributed by atoms with Gasteiger partial charge in [0.2, 0.25) is 18.2 Å². The molecule has 2 aliphatic rings. The number of aliphatic imine (C=N–C) groups is 1. The number of ether oxygens (including phenoxy) is 1. The average molecular weight is 761 g/mol. The zero-order chi connectivity index (χ0) is 39.8. The van der Waals surface area contributed by atoms with E-state index in [9.17, 15) is 14.4 Å². The second kappa shape index (κ2) is 18.0. The largest absolute Gasteiger partial charge is 0.453 e. The number of alkyl carbamates (subject to hydrolysis) is 1. The summed E-state index contributed by atoms with van der Waals surface area (Å²) in [5.41, 5.74) is 2.86. The Morgan fingerprint density at radius 3 is 1.82 bits per heavy atom. The van der Waals surface area contributed by atoms with Crippen LogP contribution in [0.15, 0.2) is 53.8 Å². The Labute approximate surface area is 326 Å². The van der Waals surface area contributed by atoms with Gasteiger partial charge in [-0.2, -0.15) is 4.89 Å². The van der Waals surface area contributed by atoms with E-state index in [2.05, 4.69) is 48.8 Å². The summed E-state index contributed by atoms with van der Waals surface area (Å²) >= 11 is 0. The number of carbonyl (C=O) groups is 3. The Morgan fingerprint density at radius 1 is 0.804 bits per heavy atom. The van der Waals surface area contributed by atoms with Gasteiger partial charge >= 0.3 is 6.09 Å². The minimum atomic E-state index is -0.696. The van der Waals surface area contributed by atoms with Crippen LogP contribution in [0.25, 0.3) is 10.8 Å². The van der Waals surface area contributed by atoms with Gasteiger partial charge in [0, 0.05) is 36.6 Å². The van der Waals surface area contributed by atoms with Crippen molar-refractivity contribution < 1.29 is 28.9 Å². The van der Waals surface area contributed by atoms with Crippen molar-refractivity contribution >= 4 is 35.1 Å². The molecule has 3 amide bonds. The maximum atomic E-state index is 13.5. The molecule has 4 atom stereocenters. The Balaban J connectivity index is 1.10. The summed E-state index contributed by atoms with van der Waals surface area (Å²) in [7, 11) is 2.67. The van der Waals surface area contributed by atoms with Gasteiger partial charge < -0.3 is 34.7 Å². The smallest absolute Gasteiger partial charge is 0.407 e. The quantitative estimate of drug-likeness (QED) is 0.0633. The van der Waals surface area contributed by atoms with Crippen molar-refractivity contribution in [2.75, 3.05) is 27.3 Å². The number of aromatic nitrogens is 4. The standard InChI is InChI=1S/C42H48N8O6/c1-26(2)36(45-25-56-55-6)40(51)49-19-7-9-34(49)38-43-23-32(46-38)17-13-28-11-15-31-22-29(12-16-30(31)21-28)14-18-33-24-44-39(47-33)35-10-8-20-50(35)41(52)37(27(3)4)48-42(53)54-5/h11-12,15-16,21-27,34-37H,7-10,19-20H2,1-6H3,(H,43,46)(H,44,47)(H,48,53)/b45-25-/t34-,35-,36-,37-/m0/s1. The molecule has 0 saturated carbocycles. The molecule has 14 heteroatoms.